The molecule has 3 nitrogen and oxygen atoms in total. The average Bonchev–Trinajstić information content (AvgIpc) is 2.28. The first-order chi connectivity index (χ1) is 8.10. The van der Waals surface area contributed by atoms with Gasteiger partial charge in [0, 0.05) is 24.5 Å². The van der Waals surface area contributed by atoms with Crippen molar-refractivity contribution in [1.82, 2.24) is 0 Å². The van der Waals surface area contributed by atoms with Crippen molar-refractivity contribution in [2.75, 3.05) is 0 Å². The van der Waals surface area contributed by atoms with Crippen LogP contribution in [0.1, 0.15) is 45.6 Å². The van der Waals surface area contributed by atoms with Crippen LogP contribution in [0.4, 0.5) is 0 Å². The molecule has 0 radical (unpaired) electrons. The predicted molar refractivity (Wildman–Crippen MR) is 66.2 cm³/mol. The second-order valence-electron chi connectivity index (χ2n) is 4.04. The SMILES string of the molecule is CC(=O)[O-].CCCCc1cc[n+](CCC)cc1. The largest absolute Gasteiger partial charge is 0.550 e. The summed E-state index contributed by atoms with van der Waals surface area (Å²) in [5.74, 6) is -1.08. The summed E-state index contributed by atoms with van der Waals surface area (Å²) in [6.07, 6.45) is 9.40. The first-order valence-corrected chi connectivity index (χ1v) is 6.25. The average molecular weight is 237 g/mol. The summed E-state index contributed by atoms with van der Waals surface area (Å²) in [5, 5.41) is 8.89. The third kappa shape index (κ3) is 9.54. The molecule has 0 bridgehead atoms. The Labute approximate surface area is 104 Å². The maximum Gasteiger partial charge on any atom is 0.169 e. The van der Waals surface area contributed by atoms with Crippen LogP contribution in [0.25, 0.3) is 0 Å². The Balaban J connectivity index is 0.000000557. The number of carboxylic acids is 1. The Hall–Kier alpha value is -1.38. The van der Waals surface area contributed by atoms with Crippen LogP contribution in [-0.4, -0.2) is 5.97 Å². The number of nitrogens with zero attached hydrogens (tertiary/aromatic N) is 1. The second-order valence-corrected chi connectivity index (χ2v) is 4.04. The summed E-state index contributed by atoms with van der Waals surface area (Å²) in [5.41, 5.74) is 1.47. The van der Waals surface area contributed by atoms with Crippen molar-refractivity contribution >= 4 is 5.97 Å². The van der Waals surface area contributed by atoms with Crippen molar-refractivity contribution in [3.8, 4) is 0 Å². The molecule has 3 heteroatoms. The number of carbonyl (C=O) groups is 1. The van der Waals surface area contributed by atoms with Gasteiger partial charge in [-0.15, -0.1) is 0 Å². The molecule has 0 fully saturated rings. The van der Waals surface area contributed by atoms with Gasteiger partial charge in [0.05, 0.1) is 0 Å². The third-order valence-corrected chi connectivity index (χ3v) is 2.26. The molecule has 0 saturated heterocycles. The topological polar surface area (TPSA) is 44.0 Å². The van der Waals surface area contributed by atoms with Crippen molar-refractivity contribution in [3.63, 3.8) is 0 Å². The van der Waals surface area contributed by atoms with Crippen LogP contribution in [0.15, 0.2) is 24.5 Å². The number of pyridine rings is 1. The fourth-order valence-corrected chi connectivity index (χ4v) is 1.44. The van der Waals surface area contributed by atoms with E-state index in [1.807, 2.05) is 0 Å². The highest BCUT2D eigenvalue weighted by Gasteiger charge is 1.98. The lowest BCUT2D eigenvalue weighted by Gasteiger charge is -1.98. The van der Waals surface area contributed by atoms with Crippen molar-refractivity contribution in [1.29, 1.82) is 0 Å². The Bertz CT molecular complexity index is 303. The standard InChI is InChI=1S/C12H20N.C2H4O2/c1-3-5-6-12-7-10-13(9-4-2)11-8-12;1-2(3)4/h7-8,10-11H,3-6,9H2,1-2H3;1H3,(H,3,4)/q+1;/p-1. The number of aliphatic carboxylic acids is 1. The van der Waals surface area contributed by atoms with Crippen molar-refractivity contribution < 1.29 is 14.5 Å². The molecule has 0 aliphatic rings. The lowest BCUT2D eigenvalue weighted by Crippen LogP contribution is -2.32. The monoisotopic (exact) mass is 237 g/mol. The molecule has 0 atom stereocenters. The Morgan fingerprint density at radius 2 is 1.76 bits per heavy atom. The van der Waals surface area contributed by atoms with Gasteiger partial charge in [-0.1, -0.05) is 20.3 Å². The molecule has 1 heterocycles. The van der Waals surface area contributed by atoms with Gasteiger partial charge in [0.25, 0.3) is 0 Å². The minimum absolute atomic E-state index is 0.972. The summed E-state index contributed by atoms with van der Waals surface area (Å²) in [4.78, 5) is 8.89. The number of rotatable bonds is 5. The molecule has 0 unspecified atom stereocenters. The third-order valence-electron chi connectivity index (χ3n) is 2.26. The van der Waals surface area contributed by atoms with E-state index in [0.29, 0.717) is 0 Å². The number of hydrogen-bond acceptors (Lipinski definition) is 2. The summed E-state index contributed by atoms with van der Waals surface area (Å²) < 4.78 is 2.25. The van der Waals surface area contributed by atoms with Crippen LogP contribution < -0.4 is 9.67 Å². The molecule has 1 rings (SSSR count). The van der Waals surface area contributed by atoms with Gasteiger partial charge in [-0.25, -0.2) is 4.57 Å². The molecule has 17 heavy (non-hydrogen) atoms. The van der Waals surface area contributed by atoms with E-state index < -0.39 is 5.97 Å². The summed E-state index contributed by atoms with van der Waals surface area (Å²) in [6, 6.07) is 4.48. The first kappa shape index (κ1) is 15.6. The zero-order valence-electron chi connectivity index (χ0n) is 11.1. The minimum atomic E-state index is -1.08. The summed E-state index contributed by atoms with van der Waals surface area (Å²) in [6.45, 7) is 6.55. The highest BCUT2D eigenvalue weighted by Crippen LogP contribution is 2.01. The predicted octanol–water partition coefficient (Wildman–Crippen LogP) is 1.48. The van der Waals surface area contributed by atoms with E-state index in [0.717, 1.165) is 13.5 Å². The van der Waals surface area contributed by atoms with Crippen LogP contribution in [0.5, 0.6) is 0 Å². The highest BCUT2D eigenvalue weighted by atomic mass is 16.4. The molecule has 1 aromatic rings. The Morgan fingerprint density at radius 1 is 1.24 bits per heavy atom. The fraction of sp³-hybridized carbons (Fsp3) is 0.571. The highest BCUT2D eigenvalue weighted by molar-refractivity contribution is 5.60. The zero-order valence-corrected chi connectivity index (χ0v) is 11.1. The van der Waals surface area contributed by atoms with E-state index in [1.165, 1.54) is 31.2 Å². The van der Waals surface area contributed by atoms with Crippen LogP contribution in [0.3, 0.4) is 0 Å². The van der Waals surface area contributed by atoms with Crippen LogP contribution >= 0.6 is 0 Å². The molecule has 0 aliphatic heterocycles. The molecule has 0 saturated carbocycles. The van der Waals surface area contributed by atoms with E-state index in [9.17, 15) is 0 Å². The first-order valence-electron chi connectivity index (χ1n) is 6.25. The molecule has 1 aromatic heterocycles. The lowest BCUT2D eigenvalue weighted by molar-refractivity contribution is -0.697. The van der Waals surface area contributed by atoms with Crippen LogP contribution in [-0.2, 0) is 17.8 Å². The van der Waals surface area contributed by atoms with Gasteiger partial charge in [-0.3, -0.25) is 0 Å². The quantitative estimate of drug-likeness (QED) is 0.728. The maximum atomic E-state index is 8.89. The zero-order chi connectivity index (χ0) is 13.1. The van der Waals surface area contributed by atoms with E-state index in [-0.39, 0.29) is 0 Å². The molecule has 0 amide bonds. The molecular weight excluding hydrogens is 214 g/mol. The maximum absolute atomic E-state index is 8.89. The summed E-state index contributed by atoms with van der Waals surface area (Å²) >= 11 is 0. The van der Waals surface area contributed by atoms with Crippen molar-refractivity contribution in [3.05, 3.63) is 30.1 Å². The molecule has 0 N–H and O–H groups in total. The summed E-state index contributed by atoms with van der Waals surface area (Å²) in [7, 11) is 0. The fourth-order valence-electron chi connectivity index (χ4n) is 1.44. The molecule has 96 valence electrons. The number of hydrogen-bond donors (Lipinski definition) is 0. The number of unbranched alkanes of at least 4 members (excludes halogenated alkanes) is 1. The van der Waals surface area contributed by atoms with E-state index in [2.05, 4.69) is 42.9 Å². The van der Waals surface area contributed by atoms with Crippen molar-refractivity contribution in [2.45, 2.75) is 53.0 Å². The molecule has 0 aromatic carbocycles. The van der Waals surface area contributed by atoms with Gasteiger partial charge in [0.2, 0.25) is 0 Å². The number of aryl methyl sites for hydroxylation is 2. The second kappa shape index (κ2) is 9.82. The lowest BCUT2D eigenvalue weighted by atomic mass is 10.1. The van der Waals surface area contributed by atoms with Gasteiger partial charge >= 0.3 is 0 Å². The van der Waals surface area contributed by atoms with E-state index in [4.69, 9.17) is 9.90 Å². The number of aromatic nitrogens is 1. The van der Waals surface area contributed by atoms with Crippen molar-refractivity contribution in [2.24, 2.45) is 0 Å². The minimum Gasteiger partial charge on any atom is -0.550 e. The Morgan fingerprint density at radius 3 is 2.18 bits per heavy atom. The Kier molecular flexibility index (Phi) is 9.02. The van der Waals surface area contributed by atoms with Gasteiger partial charge in [-0.05, 0) is 25.3 Å². The normalized spacial score (nSPS) is 9.35. The molecule has 0 aliphatic carbocycles. The van der Waals surface area contributed by atoms with E-state index in [1.54, 1.807) is 0 Å². The smallest absolute Gasteiger partial charge is 0.169 e. The molecular formula is C14H23NO2. The van der Waals surface area contributed by atoms with E-state index >= 15 is 0 Å². The van der Waals surface area contributed by atoms with Gasteiger partial charge < -0.3 is 9.90 Å². The number of carbonyl (C=O) groups excluding carboxylic acids is 1. The molecule has 0 spiro atoms. The van der Waals surface area contributed by atoms with Gasteiger partial charge in [0.1, 0.15) is 6.54 Å². The van der Waals surface area contributed by atoms with Crippen LogP contribution in [0.2, 0.25) is 0 Å². The van der Waals surface area contributed by atoms with Gasteiger partial charge in [-0.2, -0.15) is 0 Å². The van der Waals surface area contributed by atoms with Crippen LogP contribution in [0, 0.1) is 0 Å². The van der Waals surface area contributed by atoms with Gasteiger partial charge in [0.15, 0.2) is 12.4 Å². The number of carboxylic acid groups (broad SMARTS) is 1.